The fourth-order valence-electron chi connectivity index (χ4n) is 0.431. The van der Waals surface area contributed by atoms with Gasteiger partial charge in [0.2, 0.25) is 5.91 Å². The first kappa shape index (κ1) is 9.90. The van der Waals surface area contributed by atoms with Crippen LogP contribution in [0.2, 0.25) is 0 Å². The topological polar surface area (TPSA) is 86.6 Å². The van der Waals surface area contributed by atoms with E-state index in [0.717, 1.165) is 0 Å². The maximum atomic E-state index is 10.5. The molecule has 0 rings (SSSR count). The number of rotatable bonds is 4. The molecule has 1 amide bonds. The van der Waals surface area contributed by atoms with Crippen LogP contribution in [0.1, 0.15) is 6.42 Å². The van der Waals surface area contributed by atoms with E-state index in [1.54, 1.807) is 0 Å². The van der Waals surface area contributed by atoms with Crippen molar-refractivity contribution in [3.63, 3.8) is 0 Å². The summed E-state index contributed by atoms with van der Waals surface area (Å²) in [5, 5.41) is 18.9. The van der Waals surface area contributed by atoms with Crippen LogP contribution in [-0.2, 0) is 9.59 Å². The van der Waals surface area contributed by atoms with Crippen LogP contribution in [-0.4, -0.2) is 34.7 Å². The first-order chi connectivity index (χ1) is 5.02. The van der Waals surface area contributed by atoms with Gasteiger partial charge in [0.25, 0.3) is 0 Å². The van der Waals surface area contributed by atoms with E-state index in [9.17, 15) is 9.59 Å². The summed E-state index contributed by atoms with van der Waals surface area (Å²) in [6.07, 6.45) is -1.47. The molecule has 1 atom stereocenters. The zero-order chi connectivity index (χ0) is 8.85. The maximum absolute atomic E-state index is 10.5. The first-order valence-corrected chi connectivity index (χ1v) is 3.02. The van der Waals surface area contributed by atoms with Crippen molar-refractivity contribution in [2.75, 3.05) is 6.54 Å². The lowest BCUT2D eigenvalue weighted by Gasteiger charge is -2.04. The third-order valence-corrected chi connectivity index (χ3v) is 0.847. The quantitative estimate of drug-likeness (QED) is 0.449. The van der Waals surface area contributed by atoms with E-state index in [1.165, 1.54) is 0 Å². The molecular formula is C6H10NO4. The number of hydrogen-bond acceptors (Lipinski definition) is 3. The van der Waals surface area contributed by atoms with Gasteiger partial charge in [0.15, 0.2) is 0 Å². The lowest BCUT2D eigenvalue weighted by atomic mass is 10.3. The molecule has 5 heteroatoms. The normalized spacial score (nSPS) is 12.2. The molecule has 0 bridgehead atoms. The SMILES string of the molecule is [CH2]C(O)CNC(=O)CC(=O)O. The van der Waals surface area contributed by atoms with Gasteiger partial charge in [-0.15, -0.1) is 0 Å². The molecule has 0 aliphatic heterocycles. The van der Waals surface area contributed by atoms with Crippen LogP contribution in [0, 0.1) is 6.92 Å². The molecule has 11 heavy (non-hydrogen) atoms. The monoisotopic (exact) mass is 160 g/mol. The molecule has 63 valence electrons. The average Bonchev–Trinajstić information content (AvgIpc) is 1.82. The maximum Gasteiger partial charge on any atom is 0.312 e. The van der Waals surface area contributed by atoms with Crippen LogP contribution >= 0.6 is 0 Å². The number of carbonyl (C=O) groups excluding carboxylic acids is 1. The van der Waals surface area contributed by atoms with Gasteiger partial charge in [-0.3, -0.25) is 9.59 Å². The average molecular weight is 160 g/mol. The minimum atomic E-state index is -1.19. The Balaban J connectivity index is 3.46. The van der Waals surface area contributed by atoms with Gasteiger partial charge in [-0.25, -0.2) is 0 Å². The number of nitrogens with one attached hydrogen (secondary N) is 1. The first-order valence-electron chi connectivity index (χ1n) is 3.02. The highest BCUT2D eigenvalue weighted by atomic mass is 16.4. The van der Waals surface area contributed by atoms with Crippen LogP contribution in [0.5, 0.6) is 0 Å². The highest BCUT2D eigenvalue weighted by Crippen LogP contribution is 1.80. The fraction of sp³-hybridized carbons (Fsp3) is 0.500. The van der Waals surface area contributed by atoms with Crippen molar-refractivity contribution in [3.05, 3.63) is 6.92 Å². The molecule has 0 heterocycles. The van der Waals surface area contributed by atoms with Crippen LogP contribution in [0.3, 0.4) is 0 Å². The van der Waals surface area contributed by atoms with Gasteiger partial charge in [0, 0.05) is 6.54 Å². The van der Waals surface area contributed by atoms with Crippen molar-refractivity contribution in [1.29, 1.82) is 0 Å². The number of aliphatic hydroxyl groups excluding tert-OH is 1. The number of aliphatic hydroxyl groups is 1. The van der Waals surface area contributed by atoms with E-state index < -0.39 is 24.4 Å². The van der Waals surface area contributed by atoms with E-state index >= 15 is 0 Å². The molecule has 0 saturated heterocycles. The molecule has 1 unspecified atom stereocenters. The Labute approximate surface area is 64.0 Å². The summed E-state index contributed by atoms with van der Waals surface area (Å²) in [6, 6.07) is 0. The number of amides is 1. The van der Waals surface area contributed by atoms with Gasteiger partial charge in [0.05, 0.1) is 6.10 Å². The summed E-state index contributed by atoms with van der Waals surface area (Å²) in [4.78, 5) is 20.4. The van der Waals surface area contributed by atoms with E-state index in [2.05, 4.69) is 12.2 Å². The molecule has 0 fully saturated rings. The molecule has 0 aromatic rings. The largest absolute Gasteiger partial charge is 0.481 e. The summed E-state index contributed by atoms with van der Waals surface area (Å²) in [5.41, 5.74) is 0. The third kappa shape index (κ3) is 6.79. The molecular weight excluding hydrogens is 150 g/mol. The minimum absolute atomic E-state index is 0.0217. The molecule has 0 aliphatic rings. The lowest BCUT2D eigenvalue weighted by molar-refractivity contribution is -0.140. The van der Waals surface area contributed by atoms with Crippen molar-refractivity contribution in [1.82, 2.24) is 5.32 Å². The fourth-order valence-corrected chi connectivity index (χ4v) is 0.431. The molecule has 0 aromatic carbocycles. The van der Waals surface area contributed by atoms with E-state index in [4.69, 9.17) is 10.2 Å². The molecule has 3 N–H and O–H groups in total. The van der Waals surface area contributed by atoms with Crippen LogP contribution in [0.25, 0.3) is 0 Å². The second-order valence-corrected chi connectivity index (χ2v) is 2.03. The van der Waals surface area contributed by atoms with Crippen molar-refractivity contribution < 1.29 is 19.8 Å². The minimum Gasteiger partial charge on any atom is -0.481 e. The van der Waals surface area contributed by atoms with Crippen LogP contribution < -0.4 is 5.32 Å². The molecule has 0 aromatic heterocycles. The molecule has 1 radical (unpaired) electrons. The van der Waals surface area contributed by atoms with Crippen molar-refractivity contribution in [3.8, 4) is 0 Å². The third-order valence-electron chi connectivity index (χ3n) is 0.847. The number of carboxylic acid groups (broad SMARTS) is 1. The zero-order valence-corrected chi connectivity index (χ0v) is 5.91. The summed E-state index contributed by atoms with van der Waals surface area (Å²) in [5.74, 6) is -1.82. The van der Waals surface area contributed by atoms with Gasteiger partial charge < -0.3 is 15.5 Å². The Hall–Kier alpha value is -1.10. The van der Waals surface area contributed by atoms with E-state index in [-0.39, 0.29) is 6.54 Å². The van der Waals surface area contributed by atoms with Crippen molar-refractivity contribution >= 4 is 11.9 Å². The molecule has 0 spiro atoms. The van der Waals surface area contributed by atoms with Gasteiger partial charge >= 0.3 is 5.97 Å². The molecule has 5 nitrogen and oxygen atoms in total. The van der Waals surface area contributed by atoms with E-state index in [0.29, 0.717) is 0 Å². The Morgan fingerprint density at radius 3 is 2.45 bits per heavy atom. The van der Waals surface area contributed by atoms with Gasteiger partial charge in [-0.1, -0.05) is 0 Å². The second-order valence-electron chi connectivity index (χ2n) is 2.03. The lowest BCUT2D eigenvalue weighted by Crippen LogP contribution is -2.31. The number of hydrogen-bond donors (Lipinski definition) is 3. The zero-order valence-electron chi connectivity index (χ0n) is 5.91. The Kier molecular flexibility index (Phi) is 4.21. The second kappa shape index (κ2) is 4.68. The predicted molar refractivity (Wildman–Crippen MR) is 36.6 cm³/mol. The Bertz CT molecular complexity index is 155. The van der Waals surface area contributed by atoms with Crippen LogP contribution in [0.4, 0.5) is 0 Å². The molecule has 0 saturated carbocycles. The summed E-state index contributed by atoms with van der Waals surface area (Å²) in [7, 11) is 0. The number of aliphatic carboxylic acids is 1. The standard InChI is InChI=1S/C6H10NO4/c1-4(8)3-7-5(9)2-6(10)11/h4,8H,1-3H2,(H,7,9)(H,10,11). The molecule has 0 aliphatic carbocycles. The van der Waals surface area contributed by atoms with Crippen molar-refractivity contribution in [2.45, 2.75) is 12.5 Å². The highest BCUT2D eigenvalue weighted by molar-refractivity contribution is 5.93. The summed E-state index contributed by atoms with van der Waals surface area (Å²) >= 11 is 0. The Morgan fingerprint density at radius 1 is 1.55 bits per heavy atom. The van der Waals surface area contributed by atoms with E-state index in [1.807, 2.05) is 0 Å². The van der Waals surface area contributed by atoms with Crippen molar-refractivity contribution in [2.24, 2.45) is 0 Å². The number of carbonyl (C=O) groups is 2. The highest BCUT2D eigenvalue weighted by Gasteiger charge is 2.06. The van der Waals surface area contributed by atoms with Gasteiger partial charge in [0.1, 0.15) is 6.42 Å². The Morgan fingerprint density at radius 2 is 2.09 bits per heavy atom. The number of carboxylic acids is 1. The smallest absolute Gasteiger partial charge is 0.312 e. The summed E-state index contributed by atoms with van der Waals surface area (Å²) < 4.78 is 0. The van der Waals surface area contributed by atoms with Gasteiger partial charge in [-0.05, 0) is 6.92 Å². The predicted octanol–water partition coefficient (Wildman–Crippen LogP) is -1.23. The summed E-state index contributed by atoms with van der Waals surface area (Å²) in [6.45, 7) is 3.16. The van der Waals surface area contributed by atoms with Crippen LogP contribution in [0.15, 0.2) is 0 Å². The van der Waals surface area contributed by atoms with Gasteiger partial charge in [-0.2, -0.15) is 0 Å².